The van der Waals surface area contributed by atoms with Crippen molar-refractivity contribution in [2.24, 2.45) is 5.73 Å². The Labute approximate surface area is 98.3 Å². The van der Waals surface area contributed by atoms with Crippen LogP contribution in [-0.4, -0.2) is 21.3 Å². The Bertz CT molecular complexity index is 552. The summed E-state index contributed by atoms with van der Waals surface area (Å²) < 4.78 is 15.1. The fraction of sp³-hybridized carbons (Fsp3) is 0.167. The van der Waals surface area contributed by atoms with Gasteiger partial charge >= 0.3 is 0 Å². The Balaban J connectivity index is 2.24. The molecule has 0 bridgehead atoms. The standard InChI is InChI=1S/C12H11FN4/c13-12-4-3-10(6-11(12)2-1-5-14)7-17-9-15-8-16-17/h3-4,6,8-9H,5,7,14H2. The first kappa shape index (κ1) is 11.3. The summed E-state index contributed by atoms with van der Waals surface area (Å²) in [6.45, 7) is 0.754. The number of aromatic nitrogens is 3. The highest BCUT2D eigenvalue weighted by Gasteiger charge is 2.02. The largest absolute Gasteiger partial charge is 0.320 e. The van der Waals surface area contributed by atoms with Crippen molar-refractivity contribution < 1.29 is 4.39 Å². The molecule has 0 unspecified atom stereocenters. The van der Waals surface area contributed by atoms with E-state index in [1.54, 1.807) is 23.1 Å². The molecular formula is C12H11FN4. The number of rotatable bonds is 2. The minimum atomic E-state index is -0.340. The lowest BCUT2D eigenvalue weighted by atomic mass is 10.1. The van der Waals surface area contributed by atoms with Crippen molar-refractivity contribution in [2.75, 3.05) is 6.54 Å². The molecule has 1 aromatic carbocycles. The molecule has 5 heteroatoms. The third-order valence-electron chi connectivity index (χ3n) is 2.17. The van der Waals surface area contributed by atoms with E-state index in [0.29, 0.717) is 12.1 Å². The third-order valence-corrected chi connectivity index (χ3v) is 2.17. The van der Waals surface area contributed by atoms with Gasteiger partial charge in [0.1, 0.15) is 18.5 Å². The monoisotopic (exact) mass is 230 g/mol. The molecule has 0 atom stereocenters. The molecule has 1 aromatic heterocycles. The molecule has 17 heavy (non-hydrogen) atoms. The summed E-state index contributed by atoms with van der Waals surface area (Å²) in [7, 11) is 0. The normalized spacial score (nSPS) is 9.76. The number of nitrogens with zero attached hydrogens (tertiary/aromatic N) is 3. The Morgan fingerprint density at radius 3 is 3.00 bits per heavy atom. The smallest absolute Gasteiger partial charge is 0.138 e. The molecule has 2 rings (SSSR count). The van der Waals surface area contributed by atoms with E-state index < -0.39 is 0 Å². The van der Waals surface area contributed by atoms with Gasteiger partial charge in [-0.1, -0.05) is 17.9 Å². The first-order chi connectivity index (χ1) is 8.29. The highest BCUT2D eigenvalue weighted by atomic mass is 19.1. The third kappa shape index (κ3) is 2.89. The van der Waals surface area contributed by atoms with Gasteiger partial charge in [-0.3, -0.25) is 0 Å². The maximum Gasteiger partial charge on any atom is 0.138 e. The van der Waals surface area contributed by atoms with Crippen LogP contribution in [0.1, 0.15) is 11.1 Å². The van der Waals surface area contributed by atoms with E-state index in [1.807, 2.05) is 0 Å². The molecular weight excluding hydrogens is 219 g/mol. The second-order valence-electron chi connectivity index (χ2n) is 3.41. The maximum atomic E-state index is 13.4. The van der Waals surface area contributed by atoms with Crippen LogP contribution in [0, 0.1) is 17.7 Å². The summed E-state index contributed by atoms with van der Waals surface area (Å²) in [6, 6.07) is 4.79. The van der Waals surface area contributed by atoms with Gasteiger partial charge in [-0.15, -0.1) is 0 Å². The summed E-state index contributed by atoms with van der Waals surface area (Å²) in [5.74, 6) is 4.99. The molecule has 4 nitrogen and oxygen atoms in total. The lowest BCUT2D eigenvalue weighted by Gasteiger charge is -2.02. The molecule has 0 saturated carbocycles. The summed E-state index contributed by atoms with van der Waals surface area (Å²) in [6.07, 6.45) is 3.06. The number of benzene rings is 1. The Morgan fingerprint density at radius 2 is 2.29 bits per heavy atom. The molecule has 0 fully saturated rings. The Morgan fingerprint density at radius 1 is 1.41 bits per heavy atom. The zero-order valence-corrected chi connectivity index (χ0v) is 9.10. The van der Waals surface area contributed by atoms with Crippen molar-refractivity contribution in [1.29, 1.82) is 0 Å². The Kier molecular flexibility index (Phi) is 3.48. The van der Waals surface area contributed by atoms with Crippen LogP contribution in [0.5, 0.6) is 0 Å². The molecule has 0 aliphatic rings. The number of nitrogens with two attached hydrogens (primary N) is 1. The zero-order valence-electron chi connectivity index (χ0n) is 9.10. The van der Waals surface area contributed by atoms with Crippen LogP contribution in [0.4, 0.5) is 4.39 Å². The predicted molar refractivity (Wildman–Crippen MR) is 61.5 cm³/mol. The van der Waals surface area contributed by atoms with Crippen molar-refractivity contribution in [3.05, 3.63) is 47.8 Å². The minimum absolute atomic E-state index is 0.215. The van der Waals surface area contributed by atoms with Crippen molar-refractivity contribution in [3.63, 3.8) is 0 Å². The van der Waals surface area contributed by atoms with Crippen LogP contribution in [0.2, 0.25) is 0 Å². The zero-order chi connectivity index (χ0) is 12.1. The quantitative estimate of drug-likeness (QED) is 0.775. The van der Waals surface area contributed by atoms with Crippen LogP contribution in [0.15, 0.2) is 30.9 Å². The fourth-order valence-corrected chi connectivity index (χ4v) is 1.41. The maximum absolute atomic E-state index is 13.4. The van der Waals surface area contributed by atoms with Gasteiger partial charge < -0.3 is 5.73 Å². The van der Waals surface area contributed by atoms with E-state index in [4.69, 9.17) is 5.73 Å². The van der Waals surface area contributed by atoms with E-state index in [2.05, 4.69) is 21.9 Å². The van der Waals surface area contributed by atoms with Gasteiger partial charge in [0.05, 0.1) is 18.7 Å². The fourth-order valence-electron chi connectivity index (χ4n) is 1.41. The summed E-state index contributed by atoms with van der Waals surface area (Å²) >= 11 is 0. The molecule has 0 amide bonds. The molecule has 0 radical (unpaired) electrons. The lowest BCUT2D eigenvalue weighted by Crippen LogP contribution is -2.01. The van der Waals surface area contributed by atoms with Crippen molar-refractivity contribution in [3.8, 4) is 11.8 Å². The predicted octanol–water partition coefficient (Wildman–Crippen LogP) is 0.776. The summed E-state index contributed by atoms with van der Waals surface area (Å²) in [4.78, 5) is 3.84. The molecule has 86 valence electrons. The molecule has 2 N–H and O–H groups in total. The number of halogens is 1. The average Bonchev–Trinajstić information content (AvgIpc) is 2.82. The van der Waals surface area contributed by atoms with E-state index >= 15 is 0 Å². The highest BCUT2D eigenvalue weighted by Crippen LogP contribution is 2.10. The van der Waals surface area contributed by atoms with Gasteiger partial charge in [0.15, 0.2) is 0 Å². The SMILES string of the molecule is NCC#Cc1cc(Cn2cncn2)ccc1F. The molecule has 1 heterocycles. The van der Waals surface area contributed by atoms with Gasteiger partial charge in [-0.2, -0.15) is 5.10 Å². The van der Waals surface area contributed by atoms with Gasteiger partial charge in [0.2, 0.25) is 0 Å². The Hall–Kier alpha value is -2.19. The van der Waals surface area contributed by atoms with E-state index in [9.17, 15) is 4.39 Å². The molecule has 0 spiro atoms. The van der Waals surface area contributed by atoms with E-state index in [-0.39, 0.29) is 12.4 Å². The first-order valence-electron chi connectivity index (χ1n) is 5.09. The first-order valence-corrected chi connectivity index (χ1v) is 5.09. The lowest BCUT2D eigenvalue weighted by molar-refractivity contribution is 0.621. The molecule has 2 aromatic rings. The van der Waals surface area contributed by atoms with Crippen LogP contribution in [0.25, 0.3) is 0 Å². The van der Waals surface area contributed by atoms with Crippen molar-refractivity contribution >= 4 is 0 Å². The minimum Gasteiger partial charge on any atom is -0.320 e. The summed E-state index contributed by atoms with van der Waals surface area (Å²) in [5, 5.41) is 3.98. The average molecular weight is 230 g/mol. The second kappa shape index (κ2) is 5.23. The van der Waals surface area contributed by atoms with Crippen LogP contribution in [-0.2, 0) is 6.54 Å². The second-order valence-corrected chi connectivity index (χ2v) is 3.41. The summed E-state index contributed by atoms with van der Waals surface area (Å²) in [5.41, 5.74) is 6.53. The van der Waals surface area contributed by atoms with Crippen molar-refractivity contribution in [2.45, 2.75) is 6.54 Å². The molecule has 0 saturated heterocycles. The molecule has 0 aliphatic carbocycles. The topological polar surface area (TPSA) is 56.7 Å². The van der Waals surface area contributed by atoms with Crippen LogP contribution >= 0.6 is 0 Å². The van der Waals surface area contributed by atoms with E-state index in [1.165, 1.54) is 12.4 Å². The van der Waals surface area contributed by atoms with Gasteiger partial charge in [-0.05, 0) is 17.7 Å². The van der Waals surface area contributed by atoms with E-state index in [0.717, 1.165) is 5.56 Å². The highest BCUT2D eigenvalue weighted by molar-refractivity contribution is 5.38. The van der Waals surface area contributed by atoms with Gasteiger partial charge in [0, 0.05) is 0 Å². The van der Waals surface area contributed by atoms with Gasteiger partial charge in [0.25, 0.3) is 0 Å². The van der Waals surface area contributed by atoms with Crippen LogP contribution < -0.4 is 5.73 Å². The van der Waals surface area contributed by atoms with Crippen LogP contribution in [0.3, 0.4) is 0 Å². The van der Waals surface area contributed by atoms with Gasteiger partial charge in [-0.25, -0.2) is 14.1 Å². The number of hydrogen-bond donors (Lipinski definition) is 1. The van der Waals surface area contributed by atoms with Crippen molar-refractivity contribution in [1.82, 2.24) is 14.8 Å². The molecule has 0 aliphatic heterocycles. The number of hydrogen-bond acceptors (Lipinski definition) is 3.